The Balaban J connectivity index is 1.62. The lowest BCUT2D eigenvalue weighted by Crippen LogP contribution is -2.30. The maximum atomic E-state index is 12.3. The average molecular weight is 397 g/mol. The van der Waals surface area contributed by atoms with Crippen LogP contribution in [0.4, 0.5) is 10.8 Å². The van der Waals surface area contributed by atoms with Gasteiger partial charge in [0.25, 0.3) is 11.6 Å². The SMILES string of the molecule is CC(OC(=O)c1cccc([N+](=O)[O-])c1)C(=O)Nc1nc(-c2ccccc2)cs1. The number of carbonyl (C=O) groups is 2. The van der Waals surface area contributed by atoms with E-state index < -0.39 is 22.9 Å². The van der Waals surface area contributed by atoms with E-state index in [1.54, 1.807) is 0 Å². The number of nitrogens with zero attached hydrogens (tertiary/aromatic N) is 2. The number of anilines is 1. The molecule has 0 bridgehead atoms. The smallest absolute Gasteiger partial charge is 0.339 e. The number of nitro groups is 1. The summed E-state index contributed by atoms with van der Waals surface area (Å²) in [6.45, 7) is 1.41. The van der Waals surface area contributed by atoms with Gasteiger partial charge in [0.1, 0.15) is 0 Å². The predicted molar refractivity (Wildman–Crippen MR) is 104 cm³/mol. The van der Waals surface area contributed by atoms with Crippen LogP contribution >= 0.6 is 11.3 Å². The van der Waals surface area contributed by atoms with Crippen molar-refractivity contribution in [3.05, 3.63) is 75.7 Å². The third-order valence-corrected chi connectivity index (χ3v) is 4.51. The van der Waals surface area contributed by atoms with E-state index in [9.17, 15) is 19.7 Å². The van der Waals surface area contributed by atoms with Crippen LogP contribution in [0.2, 0.25) is 0 Å². The summed E-state index contributed by atoms with van der Waals surface area (Å²) in [5.74, 6) is -1.37. The van der Waals surface area contributed by atoms with Crippen LogP contribution in [-0.2, 0) is 9.53 Å². The molecule has 1 N–H and O–H groups in total. The molecule has 3 aromatic rings. The van der Waals surface area contributed by atoms with Crippen LogP contribution in [0, 0.1) is 10.1 Å². The largest absolute Gasteiger partial charge is 0.449 e. The summed E-state index contributed by atoms with van der Waals surface area (Å²) >= 11 is 1.25. The van der Waals surface area contributed by atoms with Crippen molar-refractivity contribution >= 4 is 34.0 Å². The molecule has 0 aliphatic heterocycles. The Labute approximate surface area is 164 Å². The number of ether oxygens (including phenoxy) is 1. The maximum Gasteiger partial charge on any atom is 0.339 e. The third kappa shape index (κ3) is 4.57. The van der Waals surface area contributed by atoms with Gasteiger partial charge in [-0.15, -0.1) is 11.3 Å². The molecule has 0 spiro atoms. The minimum atomic E-state index is -1.10. The number of carbonyl (C=O) groups excluding carboxylic acids is 2. The number of hydrogen-bond donors (Lipinski definition) is 1. The molecule has 3 rings (SSSR count). The number of non-ortho nitro benzene ring substituents is 1. The Hall–Kier alpha value is -3.59. The van der Waals surface area contributed by atoms with E-state index in [0.29, 0.717) is 5.13 Å². The first-order valence-corrected chi connectivity index (χ1v) is 9.09. The van der Waals surface area contributed by atoms with E-state index in [0.717, 1.165) is 17.3 Å². The van der Waals surface area contributed by atoms with Gasteiger partial charge in [-0.3, -0.25) is 20.2 Å². The van der Waals surface area contributed by atoms with E-state index in [4.69, 9.17) is 4.74 Å². The first-order valence-electron chi connectivity index (χ1n) is 8.21. The van der Waals surface area contributed by atoms with Crippen molar-refractivity contribution in [2.45, 2.75) is 13.0 Å². The lowest BCUT2D eigenvalue weighted by Gasteiger charge is -2.12. The lowest BCUT2D eigenvalue weighted by atomic mass is 10.2. The topological polar surface area (TPSA) is 111 Å². The first kappa shape index (κ1) is 19.2. The summed E-state index contributed by atoms with van der Waals surface area (Å²) in [6.07, 6.45) is -1.10. The highest BCUT2D eigenvalue weighted by molar-refractivity contribution is 7.14. The zero-order chi connectivity index (χ0) is 20.1. The summed E-state index contributed by atoms with van der Waals surface area (Å²) in [7, 11) is 0. The predicted octanol–water partition coefficient (Wildman–Crippen LogP) is 3.90. The molecular weight excluding hydrogens is 382 g/mol. The molecule has 0 radical (unpaired) electrons. The summed E-state index contributed by atoms with van der Waals surface area (Å²) in [5, 5.41) is 15.6. The quantitative estimate of drug-likeness (QED) is 0.383. The van der Waals surface area contributed by atoms with Crippen LogP contribution in [0.3, 0.4) is 0 Å². The molecule has 1 unspecified atom stereocenters. The molecule has 28 heavy (non-hydrogen) atoms. The third-order valence-electron chi connectivity index (χ3n) is 3.75. The monoisotopic (exact) mass is 397 g/mol. The van der Waals surface area contributed by atoms with Crippen molar-refractivity contribution in [3.63, 3.8) is 0 Å². The van der Waals surface area contributed by atoms with Gasteiger partial charge in [-0.25, -0.2) is 9.78 Å². The van der Waals surface area contributed by atoms with Crippen molar-refractivity contribution in [3.8, 4) is 11.3 Å². The van der Waals surface area contributed by atoms with Crippen molar-refractivity contribution in [1.29, 1.82) is 0 Å². The highest BCUT2D eigenvalue weighted by Gasteiger charge is 2.21. The Morgan fingerprint density at radius 1 is 1.18 bits per heavy atom. The first-order chi connectivity index (χ1) is 13.4. The van der Waals surface area contributed by atoms with Crippen molar-refractivity contribution in [1.82, 2.24) is 4.98 Å². The average Bonchev–Trinajstić information content (AvgIpc) is 3.17. The zero-order valence-electron chi connectivity index (χ0n) is 14.7. The molecule has 0 aliphatic rings. The van der Waals surface area contributed by atoms with Crippen LogP contribution in [0.25, 0.3) is 11.3 Å². The summed E-state index contributed by atoms with van der Waals surface area (Å²) in [4.78, 5) is 38.9. The number of aromatic nitrogens is 1. The number of thiazole rings is 1. The summed E-state index contributed by atoms with van der Waals surface area (Å²) in [6, 6.07) is 14.6. The number of nitro benzene ring substituents is 1. The fraction of sp³-hybridized carbons (Fsp3) is 0.105. The van der Waals surface area contributed by atoms with Gasteiger partial charge in [-0.2, -0.15) is 0 Å². The van der Waals surface area contributed by atoms with Crippen LogP contribution in [0.1, 0.15) is 17.3 Å². The lowest BCUT2D eigenvalue weighted by molar-refractivity contribution is -0.384. The Bertz CT molecular complexity index is 1020. The van der Waals surface area contributed by atoms with Gasteiger partial charge in [0.05, 0.1) is 16.2 Å². The Kier molecular flexibility index (Phi) is 5.75. The highest BCUT2D eigenvalue weighted by Crippen LogP contribution is 2.24. The number of nitrogens with one attached hydrogen (secondary N) is 1. The number of esters is 1. The van der Waals surface area contributed by atoms with Gasteiger partial charge in [-0.05, 0) is 13.0 Å². The molecule has 1 amide bonds. The van der Waals surface area contributed by atoms with E-state index in [1.165, 1.54) is 36.5 Å². The van der Waals surface area contributed by atoms with E-state index in [2.05, 4.69) is 10.3 Å². The van der Waals surface area contributed by atoms with Gasteiger partial charge < -0.3 is 4.74 Å². The van der Waals surface area contributed by atoms with Gasteiger partial charge in [0.2, 0.25) is 0 Å². The van der Waals surface area contributed by atoms with Crippen LogP contribution in [-0.4, -0.2) is 27.9 Å². The molecule has 0 aliphatic carbocycles. The molecular formula is C19H15N3O5S. The molecule has 0 fully saturated rings. The van der Waals surface area contributed by atoms with Gasteiger partial charge in [0, 0.05) is 23.1 Å². The number of benzene rings is 2. The number of rotatable bonds is 6. The van der Waals surface area contributed by atoms with Crippen LogP contribution in [0.15, 0.2) is 60.0 Å². The van der Waals surface area contributed by atoms with Gasteiger partial charge in [-0.1, -0.05) is 36.4 Å². The second-order valence-electron chi connectivity index (χ2n) is 5.75. The fourth-order valence-electron chi connectivity index (χ4n) is 2.31. The van der Waals surface area contributed by atoms with Gasteiger partial charge in [0.15, 0.2) is 11.2 Å². The molecule has 9 heteroatoms. The van der Waals surface area contributed by atoms with E-state index in [-0.39, 0.29) is 11.3 Å². The van der Waals surface area contributed by atoms with Crippen molar-refractivity contribution in [2.75, 3.05) is 5.32 Å². The minimum absolute atomic E-state index is 0.00513. The van der Waals surface area contributed by atoms with E-state index in [1.807, 2.05) is 35.7 Å². The molecule has 1 aromatic heterocycles. The fourth-order valence-corrected chi connectivity index (χ4v) is 3.03. The highest BCUT2D eigenvalue weighted by atomic mass is 32.1. The van der Waals surface area contributed by atoms with Gasteiger partial charge >= 0.3 is 5.97 Å². The standard InChI is InChI=1S/C19H15N3O5S/c1-12(27-18(24)14-8-5-9-15(10-14)22(25)26)17(23)21-19-20-16(11-28-19)13-6-3-2-4-7-13/h2-12H,1H3,(H,20,21,23). The van der Waals surface area contributed by atoms with E-state index >= 15 is 0 Å². The number of amides is 1. The molecule has 2 aromatic carbocycles. The molecule has 142 valence electrons. The van der Waals surface area contributed by atoms with Crippen molar-refractivity contribution < 1.29 is 19.2 Å². The zero-order valence-corrected chi connectivity index (χ0v) is 15.5. The summed E-state index contributed by atoms with van der Waals surface area (Å²) in [5.41, 5.74) is 1.41. The van der Waals surface area contributed by atoms with Crippen LogP contribution < -0.4 is 5.32 Å². The minimum Gasteiger partial charge on any atom is -0.449 e. The molecule has 0 saturated carbocycles. The second-order valence-corrected chi connectivity index (χ2v) is 6.61. The second kappa shape index (κ2) is 8.40. The van der Waals surface area contributed by atoms with Crippen LogP contribution in [0.5, 0.6) is 0 Å². The number of hydrogen-bond acceptors (Lipinski definition) is 7. The molecule has 1 atom stereocenters. The Morgan fingerprint density at radius 2 is 1.93 bits per heavy atom. The Morgan fingerprint density at radius 3 is 2.64 bits per heavy atom. The summed E-state index contributed by atoms with van der Waals surface area (Å²) < 4.78 is 5.10. The normalized spacial score (nSPS) is 11.5. The van der Waals surface area contributed by atoms with Crippen molar-refractivity contribution in [2.24, 2.45) is 0 Å². The molecule has 0 saturated heterocycles. The molecule has 1 heterocycles. The molecule has 8 nitrogen and oxygen atoms in total. The maximum absolute atomic E-state index is 12.3.